The van der Waals surface area contributed by atoms with Gasteiger partial charge >= 0.3 is 0 Å². The van der Waals surface area contributed by atoms with Gasteiger partial charge in [-0.15, -0.1) is 0 Å². The molecule has 2 aliphatic rings. The maximum absolute atomic E-state index is 12.8. The molecule has 0 bridgehead atoms. The van der Waals surface area contributed by atoms with Gasteiger partial charge in [-0.1, -0.05) is 0 Å². The highest BCUT2D eigenvalue weighted by molar-refractivity contribution is 5.79. The summed E-state index contributed by atoms with van der Waals surface area (Å²) in [6.07, 6.45) is 5.97. The largest absolute Gasteiger partial charge is 0.342 e. The first-order valence-corrected chi connectivity index (χ1v) is 9.40. The number of rotatable bonds is 2. The van der Waals surface area contributed by atoms with Crippen molar-refractivity contribution in [2.75, 3.05) is 33.2 Å². The van der Waals surface area contributed by atoms with Crippen LogP contribution in [0.15, 0.2) is 30.5 Å². The maximum atomic E-state index is 12.8. The molecule has 25 heavy (non-hydrogen) atoms. The first-order valence-electron chi connectivity index (χ1n) is 9.40. The normalized spacial score (nSPS) is 23.1. The van der Waals surface area contributed by atoms with Crippen molar-refractivity contribution in [3.05, 3.63) is 36.2 Å². The van der Waals surface area contributed by atoms with Gasteiger partial charge in [-0.25, -0.2) is 9.97 Å². The average Bonchev–Trinajstić information content (AvgIpc) is 2.67. The summed E-state index contributed by atoms with van der Waals surface area (Å²) >= 11 is 0. The van der Waals surface area contributed by atoms with Gasteiger partial charge in [0.2, 0.25) is 5.91 Å². The van der Waals surface area contributed by atoms with Gasteiger partial charge in [0, 0.05) is 42.8 Å². The molecule has 2 aliphatic heterocycles. The molecule has 2 saturated heterocycles. The van der Waals surface area contributed by atoms with E-state index in [1.165, 1.54) is 0 Å². The molecule has 2 aromatic rings. The van der Waals surface area contributed by atoms with E-state index < -0.39 is 0 Å². The van der Waals surface area contributed by atoms with Gasteiger partial charge in [-0.2, -0.15) is 0 Å². The van der Waals surface area contributed by atoms with E-state index >= 15 is 0 Å². The highest BCUT2D eigenvalue weighted by atomic mass is 16.2. The summed E-state index contributed by atoms with van der Waals surface area (Å²) in [5.74, 6) is 0.987. The van der Waals surface area contributed by atoms with E-state index in [9.17, 15) is 4.79 Å². The topological polar surface area (TPSA) is 49.3 Å². The van der Waals surface area contributed by atoms with Crippen molar-refractivity contribution >= 4 is 16.9 Å². The molecule has 2 fully saturated rings. The number of nitrogens with zero attached hydrogens (tertiary/aromatic N) is 4. The van der Waals surface area contributed by atoms with Crippen LogP contribution in [0, 0.1) is 5.92 Å². The highest BCUT2D eigenvalue weighted by Gasteiger charge is 2.31. The molecule has 5 nitrogen and oxygen atoms in total. The number of hydrogen-bond donors (Lipinski definition) is 0. The zero-order chi connectivity index (χ0) is 17.2. The van der Waals surface area contributed by atoms with Crippen LogP contribution in [0.1, 0.15) is 37.3 Å². The first kappa shape index (κ1) is 16.5. The predicted octanol–water partition coefficient (Wildman–Crippen LogP) is 2.68. The van der Waals surface area contributed by atoms with Crippen LogP contribution in [-0.4, -0.2) is 58.9 Å². The molecule has 0 radical (unpaired) electrons. The third-order valence-corrected chi connectivity index (χ3v) is 5.68. The highest BCUT2D eigenvalue weighted by Crippen LogP contribution is 2.29. The van der Waals surface area contributed by atoms with Crippen LogP contribution in [0.25, 0.3) is 11.0 Å². The molecule has 4 heterocycles. The van der Waals surface area contributed by atoms with Crippen molar-refractivity contribution in [3.63, 3.8) is 0 Å². The lowest BCUT2D eigenvalue weighted by Gasteiger charge is -2.36. The maximum Gasteiger partial charge on any atom is 0.226 e. The van der Waals surface area contributed by atoms with Crippen LogP contribution in [0.2, 0.25) is 0 Å². The molecular formula is C20H26N4O. The first-order chi connectivity index (χ1) is 12.2. The second kappa shape index (κ2) is 7.08. The van der Waals surface area contributed by atoms with Crippen molar-refractivity contribution in [1.82, 2.24) is 19.8 Å². The minimum atomic E-state index is 0.193. The number of amides is 1. The lowest BCUT2D eigenvalue weighted by atomic mass is 9.90. The van der Waals surface area contributed by atoms with Crippen LogP contribution in [0.3, 0.4) is 0 Å². The smallest absolute Gasteiger partial charge is 0.226 e. The van der Waals surface area contributed by atoms with E-state index in [0.717, 1.165) is 68.6 Å². The Morgan fingerprint density at radius 1 is 1.12 bits per heavy atom. The Labute approximate surface area is 149 Å². The number of carbonyl (C=O) groups is 1. The van der Waals surface area contributed by atoms with Crippen molar-refractivity contribution in [3.8, 4) is 0 Å². The van der Waals surface area contributed by atoms with Crippen LogP contribution in [-0.2, 0) is 4.79 Å². The van der Waals surface area contributed by atoms with Gasteiger partial charge in [0.05, 0.1) is 5.92 Å². The molecule has 132 valence electrons. The molecule has 5 heteroatoms. The lowest BCUT2D eigenvalue weighted by Crippen LogP contribution is -2.46. The minimum Gasteiger partial charge on any atom is -0.342 e. The fourth-order valence-electron chi connectivity index (χ4n) is 4.22. The molecule has 1 amide bonds. The minimum absolute atomic E-state index is 0.193. The van der Waals surface area contributed by atoms with Crippen molar-refractivity contribution in [2.45, 2.75) is 31.6 Å². The Morgan fingerprint density at radius 3 is 2.76 bits per heavy atom. The van der Waals surface area contributed by atoms with Gasteiger partial charge in [0.1, 0.15) is 0 Å². The van der Waals surface area contributed by atoms with Crippen LogP contribution >= 0.6 is 0 Å². The van der Waals surface area contributed by atoms with Crippen LogP contribution in [0.5, 0.6) is 0 Å². The molecular weight excluding hydrogens is 312 g/mol. The van der Waals surface area contributed by atoms with E-state index in [1.807, 2.05) is 12.1 Å². The molecule has 0 N–H and O–H groups in total. The van der Waals surface area contributed by atoms with E-state index in [2.05, 4.69) is 34.0 Å². The van der Waals surface area contributed by atoms with E-state index in [1.54, 1.807) is 6.20 Å². The monoisotopic (exact) mass is 338 g/mol. The van der Waals surface area contributed by atoms with Gasteiger partial charge < -0.3 is 9.80 Å². The number of hydrogen-bond acceptors (Lipinski definition) is 4. The molecule has 2 aromatic heterocycles. The Morgan fingerprint density at radius 2 is 1.96 bits per heavy atom. The standard InChI is InChI=1S/C20H26N4O/c1-23-11-3-5-17(14-23)20(25)24-12-8-15(9-13-24)18-7-6-16-4-2-10-21-19(16)22-18/h2,4,6-7,10,15,17H,3,5,8-9,11-14H2,1H3. The summed E-state index contributed by atoms with van der Waals surface area (Å²) in [5.41, 5.74) is 1.94. The second-order valence-electron chi connectivity index (χ2n) is 7.49. The van der Waals surface area contributed by atoms with Crippen LogP contribution in [0.4, 0.5) is 0 Å². The summed E-state index contributed by atoms with van der Waals surface area (Å²) in [4.78, 5) is 26.3. The summed E-state index contributed by atoms with van der Waals surface area (Å²) in [6.45, 7) is 3.74. The summed E-state index contributed by atoms with van der Waals surface area (Å²) in [6, 6.07) is 8.22. The molecule has 1 unspecified atom stereocenters. The average molecular weight is 338 g/mol. The van der Waals surface area contributed by atoms with E-state index in [4.69, 9.17) is 4.98 Å². The Kier molecular flexibility index (Phi) is 4.66. The number of likely N-dealkylation sites (tertiary alicyclic amines) is 2. The molecule has 1 atom stereocenters. The van der Waals surface area contributed by atoms with Crippen molar-refractivity contribution < 1.29 is 4.79 Å². The van der Waals surface area contributed by atoms with Gasteiger partial charge in [0.15, 0.2) is 5.65 Å². The molecule has 0 aliphatic carbocycles. The van der Waals surface area contributed by atoms with Crippen molar-refractivity contribution in [2.24, 2.45) is 5.92 Å². The number of piperidine rings is 2. The lowest BCUT2D eigenvalue weighted by molar-refractivity contribution is -0.138. The Bertz CT molecular complexity index is 754. The fourth-order valence-corrected chi connectivity index (χ4v) is 4.22. The number of carbonyl (C=O) groups excluding carboxylic acids is 1. The van der Waals surface area contributed by atoms with Gasteiger partial charge in [0.25, 0.3) is 0 Å². The SMILES string of the molecule is CN1CCCC(C(=O)N2CCC(c3ccc4cccnc4n3)CC2)C1. The number of fused-ring (bicyclic) bond motifs is 1. The summed E-state index contributed by atoms with van der Waals surface area (Å²) in [7, 11) is 2.12. The predicted molar refractivity (Wildman–Crippen MR) is 98.3 cm³/mol. The number of aromatic nitrogens is 2. The molecule has 4 rings (SSSR count). The summed E-state index contributed by atoms with van der Waals surface area (Å²) in [5, 5.41) is 1.08. The quantitative estimate of drug-likeness (QED) is 0.845. The Hall–Kier alpha value is -2.01. The fraction of sp³-hybridized carbons (Fsp3) is 0.550. The van der Waals surface area contributed by atoms with Crippen molar-refractivity contribution in [1.29, 1.82) is 0 Å². The molecule has 0 spiro atoms. The summed E-state index contributed by atoms with van der Waals surface area (Å²) < 4.78 is 0. The third-order valence-electron chi connectivity index (χ3n) is 5.68. The van der Waals surface area contributed by atoms with Gasteiger partial charge in [-0.05, 0) is 63.5 Å². The third kappa shape index (κ3) is 3.52. The Balaban J connectivity index is 1.39. The molecule has 0 aromatic carbocycles. The second-order valence-corrected chi connectivity index (χ2v) is 7.49. The molecule has 0 saturated carbocycles. The van der Waals surface area contributed by atoms with E-state index in [0.29, 0.717) is 11.8 Å². The zero-order valence-corrected chi connectivity index (χ0v) is 14.9. The van der Waals surface area contributed by atoms with Crippen LogP contribution < -0.4 is 0 Å². The number of pyridine rings is 2. The van der Waals surface area contributed by atoms with E-state index in [-0.39, 0.29) is 5.92 Å². The van der Waals surface area contributed by atoms with Gasteiger partial charge in [-0.3, -0.25) is 4.79 Å². The zero-order valence-electron chi connectivity index (χ0n) is 14.9.